The minimum absolute atomic E-state index is 0.0614. The minimum Gasteiger partial charge on any atom is -0.320 e. The van der Waals surface area contributed by atoms with Crippen LogP contribution in [0, 0.1) is 0 Å². The van der Waals surface area contributed by atoms with Crippen LogP contribution in [0.4, 0.5) is 0 Å². The second-order valence-corrected chi connectivity index (χ2v) is 4.46. The van der Waals surface area contributed by atoms with Gasteiger partial charge in [-0.15, -0.1) is 11.3 Å². The zero-order chi connectivity index (χ0) is 9.97. The summed E-state index contributed by atoms with van der Waals surface area (Å²) in [6.45, 7) is 0. The maximum atomic E-state index is 6.08. The Kier molecular flexibility index (Phi) is 2.87. The molecule has 1 heterocycles. The molecule has 2 rings (SSSR count). The van der Waals surface area contributed by atoms with E-state index in [1.807, 2.05) is 41.8 Å². The van der Waals surface area contributed by atoms with Crippen LogP contribution in [-0.4, -0.2) is 0 Å². The van der Waals surface area contributed by atoms with Crippen molar-refractivity contribution in [2.75, 3.05) is 0 Å². The van der Waals surface area contributed by atoms with Gasteiger partial charge in [0.1, 0.15) is 0 Å². The Morgan fingerprint density at radius 2 is 2.07 bits per heavy atom. The van der Waals surface area contributed by atoms with Crippen molar-refractivity contribution in [3.63, 3.8) is 0 Å². The fourth-order valence-corrected chi connectivity index (χ4v) is 2.29. The van der Waals surface area contributed by atoms with Gasteiger partial charge in [0.2, 0.25) is 0 Å². The van der Waals surface area contributed by atoms with Gasteiger partial charge in [0.05, 0.1) is 6.04 Å². The molecule has 0 spiro atoms. The lowest BCUT2D eigenvalue weighted by Gasteiger charge is -2.09. The Morgan fingerprint density at radius 1 is 1.21 bits per heavy atom. The molecule has 0 aliphatic heterocycles. The SMILES string of the molecule is N[C@H](c1cccc(Cl)c1)c1cccs1. The largest absolute Gasteiger partial charge is 0.320 e. The Hall–Kier alpha value is -0.830. The van der Waals surface area contributed by atoms with Crippen LogP contribution in [0.1, 0.15) is 16.5 Å². The van der Waals surface area contributed by atoms with E-state index in [9.17, 15) is 0 Å². The van der Waals surface area contributed by atoms with Gasteiger partial charge in [-0.05, 0) is 29.1 Å². The number of nitrogens with two attached hydrogens (primary N) is 1. The summed E-state index contributed by atoms with van der Waals surface area (Å²) >= 11 is 7.56. The zero-order valence-corrected chi connectivity index (χ0v) is 9.05. The van der Waals surface area contributed by atoms with Crippen molar-refractivity contribution >= 4 is 22.9 Å². The van der Waals surface area contributed by atoms with Crippen molar-refractivity contribution in [1.82, 2.24) is 0 Å². The van der Waals surface area contributed by atoms with Gasteiger partial charge in [-0.3, -0.25) is 0 Å². The van der Waals surface area contributed by atoms with E-state index in [4.69, 9.17) is 17.3 Å². The van der Waals surface area contributed by atoms with Gasteiger partial charge < -0.3 is 5.73 Å². The first-order valence-corrected chi connectivity index (χ1v) is 5.57. The van der Waals surface area contributed by atoms with Crippen LogP contribution in [0.25, 0.3) is 0 Å². The third-order valence-electron chi connectivity index (χ3n) is 2.06. The highest BCUT2D eigenvalue weighted by Gasteiger charge is 2.09. The smallest absolute Gasteiger partial charge is 0.0646 e. The molecular formula is C11H10ClNS. The van der Waals surface area contributed by atoms with Crippen LogP contribution < -0.4 is 5.73 Å². The van der Waals surface area contributed by atoms with Gasteiger partial charge in [-0.25, -0.2) is 0 Å². The number of benzene rings is 1. The van der Waals surface area contributed by atoms with Crippen LogP contribution in [0.5, 0.6) is 0 Å². The Balaban J connectivity index is 2.32. The van der Waals surface area contributed by atoms with Gasteiger partial charge in [0.25, 0.3) is 0 Å². The lowest BCUT2D eigenvalue weighted by Crippen LogP contribution is -2.09. The van der Waals surface area contributed by atoms with Crippen LogP contribution >= 0.6 is 22.9 Å². The lowest BCUT2D eigenvalue weighted by molar-refractivity contribution is 0.894. The van der Waals surface area contributed by atoms with Crippen molar-refractivity contribution in [3.05, 3.63) is 57.2 Å². The van der Waals surface area contributed by atoms with Crippen LogP contribution in [0.15, 0.2) is 41.8 Å². The molecule has 2 aromatic rings. The molecule has 2 N–H and O–H groups in total. The molecule has 1 atom stereocenters. The summed E-state index contributed by atoms with van der Waals surface area (Å²) in [6, 6.07) is 11.7. The molecule has 1 nitrogen and oxygen atoms in total. The highest BCUT2D eigenvalue weighted by molar-refractivity contribution is 7.10. The third kappa shape index (κ3) is 1.98. The molecule has 0 radical (unpaired) electrons. The summed E-state index contributed by atoms with van der Waals surface area (Å²) in [5, 5.41) is 2.76. The van der Waals surface area contributed by atoms with E-state index < -0.39 is 0 Å². The fourth-order valence-electron chi connectivity index (χ4n) is 1.33. The molecule has 0 aliphatic carbocycles. The molecular weight excluding hydrogens is 214 g/mol. The molecule has 0 saturated heterocycles. The van der Waals surface area contributed by atoms with Crippen LogP contribution in [-0.2, 0) is 0 Å². The van der Waals surface area contributed by atoms with Crippen molar-refractivity contribution in [2.24, 2.45) is 5.73 Å². The molecule has 0 aliphatic rings. The summed E-state index contributed by atoms with van der Waals surface area (Å²) in [6.07, 6.45) is 0. The van der Waals surface area contributed by atoms with Crippen molar-refractivity contribution in [3.8, 4) is 0 Å². The summed E-state index contributed by atoms with van der Waals surface area (Å²) in [4.78, 5) is 1.16. The predicted molar refractivity (Wildman–Crippen MR) is 61.8 cm³/mol. The van der Waals surface area contributed by atoms with E-state index in [1.165, 1.54) is 0 Å². The lowest BCUT2D eigenvalue weighted by atomic mass is 10.1. The molecule has 0 unspecified atom stereocenters. The number of rotatable bonds is 2. The standard InChI is InChI=1S/C11H10ClNS/c12-9-4-1-3-8(7-9)11(13)10-5-2-6-14-10/h1-7,11H,13H2/t11-/m1/s1. The van der Waals surface area contributed by atoms with E-state index in [-0.39, 0.29) is 6.04 Å². The first-order chi connectivity index (χ1) is 6.77. The maximum Gasteiger partial charge on any atom is 0.0646 e. The minimum atomic E-state index is -0.0614. The van der Waals surface area contributed by atoms with Crippen LogP contribution in [0.2, 0.25) is 5.02 Å². The maximum absolute atomic E-state index is 6.08. The van der Waals surface area contributed by atoms with Gasteiger partial charge >= 0.3 is 0 Å². The van der Waals surface area contributed by atoms with E-state index in [0.29, 0.717) is 0 Å². The topological polar surface area (TPSA) is 26.0 Å². The average Bonchev–Trinajstić information content (AvgIpc) is 2.69. The summed E-state index contributed by atoms with van der Waals surface area (Å²) < 4.78 is 0. The summed E-state index contributed by atoms with van der Waals surface area (Å²) in [7, 11) is 0. The first kappa shape index (κ1) is 9.71. The average molecular weight is 224 g/mol. The third-order valence-corrected chi connectivity index (χ3v) is 3.25. The first-order valence-electron chi connectivity index (χ1n) is 4.32. The zero-order valence-electron chi connectivity index (χ0n) is 7.48. The molecule has 0 saturated carbocycles. The van der Waals surface area contributed by atoms with E-state index in [2.05, 4.69) is 0 Å². The number of hydrogen-bond donors (Lipinski definition) is 1. The molecule has 0 amide bonds. The van der Waals surface area contributed by atoms with E-state index in [0.717, 1.165) is 15.5 Å². The van der Waals surface area contributed by atoms with Gasteiger partial charge in [0, 0.05) is 9.90 Å². The summed E-state index contributed by atoms with van der Waals surface area (Å²) in [5.74, 6) is 0. The Labute approximate surface area is 92.1 Å². The van der Waals surface area contributed by atoms with Crippen molar-refractivity contribution < 1.29 is 0 Å². The van der Waals surface area contributed by atoms with Crippen LogP contribution in [0.3, 0.4) is 0 Å². The van der Waals surface area contributed by atoms with Gasteiger partial charge in [-0.1, -0.05) is 29.8 Å². The number of thiophene rings is 1. The Morgan fingerprint density at radius 3 is 2.71 bits per heavy atom. The number of hydrogen-bond acceptors (Lipinski definition) is 2. The van der Waals surface area contributed by atoms with E-state index >= 15 is 0 Å². The van der Waals surface area contributed by atoms with Gasteiger partial charge in [0.15, 0.2) is 0 Å². The Bertz CT molecular complexity index is 411. The predicted octanol–water partition coefficient (Wildman–Crippen LogP) is 3.45. The highest BCUT2D eigenvalue weighted by Crippen LogP contribution is 2.25. The fraction of sp³-hybridized carbons (Fsp3) is 0.0909. The quantitative estimate of drug-likeness (QED) is 0.829. The molecule has 0 bridgehead atoms. The summed E-state index contributed by atoms with van der Waals surface area (Å²) in [5.41, 5.74) is 7.14. The number of halogens is 1. The van der Waals surface area contributed by atoms with Gasteiger partial charge in [-0.2, -0.15) is 0 Å². The molecule has 72 valence electrons. The molecule has 1 aromatic heterocycles. The molecule has 1 aromatic carbocycles. The van der Waals surface area contributed by atoms with Crippen molar-refractivity contribution in [2.45, 2.75) is 6.04 Å². The molecule has 14 heavy (non-hydrogen) atoms. The molecule has 3 heteroatoms. The normalized spacial score (nSPS) is 12.7. The molecule has 0 fully saturated rings. The monoisotopic (exact) mass is 223 g/mol. The highest BCUT2D eigenvalue weighted by atomic mass is 35.5. The van der Waals surface area contributed by atoms with E-state index in [1.54, 1.807) is 11.3 Å². The second-order valence-electron chi connectivity index (χ2n) is 3.05. The van der Waals surface area contributed by atoms with Crippen molar-refractivity contribution in [1.29, 1.82) is 0 Å². The second kappa shape index (κ2) is 4.13.